The van der Waals surface area contributed by atoms with Gasteiger partial charge in [0, 0.05) is 17.6 Å². The van der Waals surface area contributed by atoms with Gasteiger partial charge in [0.1, 0.15) is 5.75 Å². The zero-order valence-electron chi connectivity index (χ0n) is 15.7. The Bertz CT molecular complexity index is 1010. The third-order valence-electron chi connectivity index (χ3n) is 5.10. The van der Waals surface area contributed by atoms with Crippen LogP contribution in [-0.4, -0.2) is 28.7 Å². The molecule has 1 aromatic carbocycles. The summed E-state index contributed by atoms with van der Waals surface area (Å²) in [6, 6.07) is 10.8. The first-order valence-corrected chi connectivity index (χ1v) is 9.33. The fourth-order valence-electron chi connectivity index (χ4n) is 3.44. The molecule has 2 aromatic heterocycles. The molecule has 1 saturated carbocycles. The highest BCUT2D eigenvalue weighted by atomic mass is 19.4. The van der Waals surface area contributed by atoms with Crippen molar-refractivity contribution in [1.29, 1.82) is 0 Å². The lowest BCUT2D eigenvalue weighted by Crippen LogP contribution is -2.29. The van der Waals surface area contributed by atoms with Crippen molar-refractivity contribution < 1.29 is 22.7 Å². The molecule has 4 rings (SSSR count). The van der Waals surface area contributed by atoms with Gasteiger partial charge < -0.3 is 15.0 Å². The zero-order chi connectivity index (χ0) is 20.6. The number of carbonyl (C=O) groups excluding carboxylic acids is 1. The van der Waals surface area contributed by atoms with Crippen molar-refractivity contribution in [2.45, 2.75) is 31.5 Å². The second-order valence-electron chi connectivity index (χ2n) is 7.33. The van der Waals surface area contributed by atoms with Crippen LogP contribution in [0.1, 0.15) is 36.6 Å². The summed E-state index contributed by atoms with van der Waals surface area (Å²) < 4.78 is 41.2. The summed E-state index contributed by atoms with van der Waals surface area (Å²) in [5.41, 5.74) is 2.75. The van der Waals surface area contributed by atoms with E-state index in [1.54, 1.807) is 13.0 Å². The van der Waals surface area contributed by atoms with Gasteiger partial charge in [-0.15, -0.1) is 0 Å². The van der Waals surface area contributed by atoms with Gasteiger partial charge in [-0.05, 0) is 54.5 Å². The van der Waals surface area contributed by atoms with E-state index < -0.39 is 12.8 Å². The van der Waals surface area contributed by atoms with Crippen LogP contribution in [0.2, 0.25) is 0 Å². The number of amides is 1. The number of nitrogens with one attached hydrogen (secondary N) is 2. The van der Waals surface area contributed by atoms with Gasteiger partial charge in [0.15, 0.2) is 6.61 Å². The fraction of sp³-hybridized carbons (Fsp3) is 0.333. The van der Waals surface area contributed by atoms with Crippen molar-refractivity contribution in [1.82, 2.24) is 15.3 Å². The van der Waals surface area contributed by atoms with Crippen molar-refractivity contribution in [2.24, 2.45) is 5.92 Å². The third-order valence-corrected chi connectivity index (χ3v) is 5.10. The minimum absolute atomic E-state index is 0.0339. The number of rotatable bonds is 6. The fourth-order valence-corrected chi connectivity index (χ4v) is 3.44. The highest BCUT2D eigenvalue weighted by Crippen LogP contribution is 2.48. The second-order valence-corrected chi connectivity index (χ2v) is 7.33. The number of halogens is 3. The Balaban J connectivity index is 1.32. The predicted octanol–water partition coefficient (Wildman–Crippen LogP) is 4.48. The largest absolute Gasteiger partial charge is 0.483 e. The molecule has 1 amide bonds. The normalized spacial score (nSPS) is 19.7. The summed E-state index contributed by atoms with van der Waals surface area (Å²) in [6.07, 6.45) is -0.483. The van der Waals surface area contributed by atoms with Crippen LogP contribution >= 0.6 is 0 Å². The molecule has 0 aliphatic heterocycles. The summed E-state index contributed by atoms with van der Waals surface area (Å²) in [7, 11) is 0. The van der Waals surface area contributed by atoms with Crippen molar-refractivity contribution in [3.05, 3.63) is 60.0 Å². The molecular weight excluding hydrogens is 383 g/mol. The maximum atomic E-state index is 12.6. The molecule has 0 saturated heterocycles. The molecular formula is C21H20F3N3O2. The summed E-state index contributed by atoms with van der Waals surface area (Å²) in [5.74, 6) is 0.0973. The predicted molar refractivity (Wildman–Crippen MR) is 101 cm³/mol. The Kier molecular flexibility index (Phi) is 4.94. The van der Waals surface area contributed by atoms with Crippen LogP contribution in [0.4, 0.5) is 13.2 Å². The number of aromatic amines is 1. The Labute approximate surface area is 165 Å². The van der Waals surface area contributed by atoms with Crippen LogP contribution in [0.25, 0.3) is 10.9 Å². The van der Waals surface area contributed by atoms with E-state index in [4.69, 9.17) is 0 Å². The molecule has 1 aliphatic carbocycles. The Morgan fingerprint density at radius 1 is 1.31 bits per heavy atom. The quantitative estimate of drug-likeness (QED) is 0.638. The number of alkyl halides is 3. The molecule has 2 unspecified atom stereocenters. The molecule has 5 nitrogen and oxygen atoms in total. The number of aromatic nitrogens is 2. The van der Waals surface area contributed by atoms with E-state index in [0.717, 1.165) is 22.9 Å². The minimum atomic E-state index is -4.40. The maximum Gasteiger partial charge on any atom is 0.422 e. The molecule has 3 aromatic rings. The van der Waals surface area contributed by atoms with Crippen molar-refractivity contribution >= 4 is 16.8 Å². The minimum Gasteiger partial charge on any atom is -0.483 e. The summed E-state index contributed by atoms with van der Waals surface area (Å²) >= 11 is 0. The van der Waals surface area contributed by atoms with E-state index >= 15 is 0 Å². The number of hydrogen-bond acceptors (Lipinski definition) is 3. The number of carbonyl (C=O) groups is 1. The smallest absolute Gasteiger partial charge is 0.422 e. The monoisotopic (exact) mass is 403 g/mol. The summed E-state index contributed by atoms with van der Waals surface area (Å²) in [6.45, 7) is 0.427. The first-order chi connectivity index (χ1) is 13.8. The molecule has 3 atom stereocenters. The second kappa shape index (κ2) is 7.42. The average Bonchev–Trinajstić information content (AvgIpc) is 3.36. The van der Waals surface area contributed by atoms with Gasteiger partial charge in [0.05, 0.1) is 17.9 Å². The van der Waals surface area contributed by atoms with E-state index in [1.165, 1.54) is 12.3 Å². The SMILES string of the molecule is C[C@@H](NC(=O)C1CC1c1ccc2cc[nH]c2c1)c1ccc(OCC(F)(F)F)cn1. The number of benzene rings is 1. The average molecular weight is 403 g/mol. The number of H-pyrrole nitrogens is 1. The topological polar surface area (TPSA) is 67.0 Å². The van der Waals surface area contributed by atoms with Crippen molar-refractivity contribution in [3.63, 3.8) is 0 Å². The standard InChI is InChI=1S/C21H20F3N3O2/c1-12(18-5-4-15(10-26-18)29-11-21(22,23)24)27-20(28)17-9-16(17)14-3-2-13-6-7-25-19(13)8-14/h2-8,10,12,16-17,25H,9,11H2,1H3,(H,27,28)/t12-,16?,17?/m1/s1. The molecule has 0 bridgehead atoms. The van der Waals surface area contributed by atoms with Gasteiger partial charge in [-0.25, -0.2) is 0 Å². The maximum absolute atomic E-state index is 12.6. The molecule has 0 spiro atoms. The Morgan fingerprint density at radius 3 is 2.86 bits per heavy atom. The molecule has 2 heterocycles. The Hall–Kier alpha value is -3.03. The molecule has 2 N–H and O–H groups in total. The van der Waals surface area contributed by atoms with E-state index in [0.29, 0.717) is 5.69 Å². The molecule has 8 heteroatoms. The van der Waals surface area contributed by atoms with Gasteiger partial charge >= 0.3 is 6.18 Å². The lowest BCUT2D eigenvalue weighted by molar-refractivity contribution is -0.153. The number of fused-ring (bicyclic) bond motifs is 1. The Morgan fingerprint density at radius 2 is 2.14 bits per heavy atom. The van der Waals surface area contributed by atoms with Crippen molar-refractivity contribution in [2.75, 3.05) is 6.61 Å². The molecule has 0 radical (unpaired) electrons. The van der Waals surface area contributed by atoms with Crippen LogP contribution in [0, 0.1) is 5.92 Å². The van der Waals surface area contributed by atoms with Gasteiger partial charge in [-0.1, -0.05) is 12.1 Å². The summed E-state index contributed by atoms with van der Waals surface area (Å²) in [4.78, 5) is 19.9. The number of hydrogen-bond donors (Lipinski definition) is 2. The van der Waals surface area contributed by atoms with Crippen LogP contribution < -0.4 is 10.1 Å². The van der Waals surface area contributed by atoms with E-state index in [2.05, 4.69) is 32.2 Å². The molecule has 152 valence electrons. The number of ether oxygens (including phenoxy) is 1. The van der Waals surface area contributed by atoms with E-state index in [9.17, 15) is 18.0 Å². The highest BCUT2D eigenvalue weighted by Gasteiger charge is 2.44. The van der Waals surface area contributed by atoms with Gasteiger partial charge in [0.25, 0.3) is 0 Å². The lowest BCUT2D eigenvalue weighted by atomic mass is 10.1. The van der Waals surface area contributed by atoms with Gasteiger partial charge in [-0.2, -0.15) is 13.2 Å². The first kappa shape index (κ1) is 19.3. The zero-order valence-corrected chi connectivity index (χ0v) is 15.7. The molecule has 1 aliphatic rings. The van der Waals surface area contributed by atoms with Crippen LogP contribution in [0.5, 0.6) is 5.75 Å². The number of pyridine rings is 1. The lowest BCUT2D eigenvalue weighted by Gasteiger charge is -2.14. The van der Waals surface area contributed by atoms with E-state index in [-0.39, 0.29) is 29.5 Å². The van der Waals surface area contributed by atoms with Gasteiger partial charge in [-0.3, -0.25) is 9.78 Å². The van der Waals surface area contributed by atoms with Crippen LogP contribution in [-0.2, 0) is 4.79 Å². The summed E-state index contributed by atoms with van der Waals surface area (Å²) in [5, 5.41) is 4.07. The van der Waals surface area contributed by atoms with Crippen LogP contribution in [0.15, 0.2) is 48.8 Å². The number of nitrogens with zero attached hydrogens (tertiary/aromatic N) is 1. The van der Waals surface area contributed by atoms with Crippen molar-refractivity contribution in [3.8, 4) is 5.75 Å². The first-order valence-electron chi connectivity index (χ1n) is 9.33. The van der Waals surface area contributed by atoms with E-state index in [1.807, 2.05) is 18.3 Å². The van der Waals surface area contributed by atoms with Gasteiger partial charge in [0.2, 0.25) is 5.91 Å². The third kappa shape index (κ3) is 4.52. The highest BCUT2D eigenvalue weighted by molar-refractivity contribution is 5.84. The molecule has 29 heavy (non-hydrogen) atoms. The molecule has 1 fully saturated rings. The van der Waals surface area contributed by atoms with Crippen LogP contribution in [0.3, 0.4) is 0 Å².